The number of rotatable bonds is 7. The summed E-state index contributed by atoms with van der Waals surface area (Å²) in [4.78, 5) is 17.0. The van der Waals surface area contributed by atoms with E-state index in [1.807, 2.05) is 28.8 Å². The Morgan fingerprint density at radius 2 is 1.89 bits per heavy atom. The van der Waals surface area contributed by atoms with Crippen LogP contribution in [0.2, 0.25) is 0 Å². The molecule has 8 heteroatoms. The quantitative estimate of drug-likeness (QED) is 0.434. The second-order valence-corrected chi connectivity index (χ2v) is 9.25. The predicted molar refractivity (Wildman–Crippen MR) is 108 cm³/mol. The lowest BCUT2D eigenvalue weighted by Crippen LogP contribution is -2.16. The Morgan fingerprint density at radius 3 is 2.61 bits per heavy atom. The van der Waals surface area contributed by atoms with E-state index >= 15 is 0 Å². The molecular formula is C20H19FN2O3S2. The summed E-state index contributed by atoms with van der Waals surface area (Å²) in [7, 11) is -3.56. The van der Waals surface area contributed by atoms with Gasteiger partial charge >= 0.3 is 0 Å². The Morgan fingerprint density at radius 1 is 1.18 bits per heavy atom. The zero-order valence-corrected chi connectivity index (χ0v) is 16.7. The third-order valence-electron chi connectivity index (χ3n) is 4.10. The van der Waals surface area contributed by atoms with Crippen LogP contribution in [0.25, 0.3) is 10.2 Å². The number of allylic oxidation sites excluding steroid dienone is 1. The lowest BCUT2D eigenvalue weighted by atomic mass is 10.3. The van der Waals surface area contributed by atoms with Gasteiger partial charge in [0.05, 0.1) is 20.9 Å². The highest BCUT2D eigenvalue weighted by molar-refractivity contribution is 7.91. The van der Waals surface area contributed by atoms with Crippen LogP contribution in [0.4, 0.5) is 4.39 Å². The third kappa shape index (κ3) is 4.63. The number of benzene rings is 2. The van der Waals surface area contributed by atoms with Crippen molar-refractivity contribution in [3.63, 3.8) is 0 Å². The summed E-state index contributed by atoms with van der Waals surface area (Å²) < 4.78 is 40.4. The van der Waals surface area contributed by atoms with Crippen LogP contribution < -0.4 is 4.80 Å². The largest absolute Gasteiger partial charge is 0.313 e. The molecule has 0 aliphatic rings. The van der Waals surface area contributed by atoms with Crippen molar-refractivity contribution in [1.82, 2.24) is 4.57 Å². The average molecular weight is 419 g/mol. The zero-order valence-electron chi connectivity index (χ0n) is 15.0. The van der Waals surface area contributed by atoms with Crippen molar-refractivity contribution >= 4 is 37.3 Å². The average Bonchev–Trinajstić information content (AvgIpc) is 2.99. The van der Waals surface area contributed by atoms with Gasteiger partial charge in [-0.3, -0.25) is 4.79 Å². The van der Waals surface area contributed by atoms with E-state index < -0.39 is 15.7 Å². The van der Waals surface area contributed by atoms with Crippen molar-refractivity contribution < 1.29 is 17.6 Å². The van der Waals surface area contributed by atoms with Crippen molar-refractivity contribution in [1.29, 1.82) is 0 Å². The van der Waals surface area contributed by atoms with Crippen LogP contribution in [0.5, 0.6) is 0 Å². The van der Waals surface area contributed by atoms with Crippen LogP contribution >= 0.6 is 11.3 Å². The van der Waals surface area contributed by atoms with E-state index in [-0.39, 0.29) is 29.4 Å². The summed E-state index contributed by atoms with van der Waals surface area (Å²) in [6.07, 6.45) is 1.90. The molecule has 0 aliphatic carbocycles. The minimum absolute atomic E-state index is 0.0166. The summed E-state index contributed by atoms with van der Waals surface area (Å²) in [5, 5.41) is 0. The van der Waals surface area contributed by atoms with Crippen molar-refractivity contribution in [2.75, 3.05) is 5.75 Å². The predicted octanol–water partition coefficient (Wildman–Crippen LogP) is 3.71. The zero-order chi connectivity index (χ0) is 20.1. The second kappa shape index (κ2) is 8.62. The van der Waals surface area contributed by atoms with Crippen LogP contribution in [-0.4, -0.2) is 24.6 Å². The number of nitrogens with zero attached hydrogens (tertiary/aromatic N) is 2. The van der Waals surface area contributed by atoms with Crippen LogP contribution in [0.15, 0.2) is 71.1 Å². The molecule has 1 heterocycles. The van der Waals surface area contributed by atoms with E-state index in [4.69, 9.17) is 0 Å². The molecule has 0 N–H and O–H groups in total. The third-order valence-corrected chi connectivity index (χ3v) is 6.97. The first-order valence-electron chi connectivity index (χ1n) is 8.66. The Balaban J connectivity index is 1.72. The number of thiazole rings is 1. The van der Waals surface area contributed by atoms with Crippen LogP contribution in [0.3, 0.4) is 0 Å². The molecule has 3 rings (SSSR count). The molecule has 5 nitrogen and oxygen atoms in total. The normalized spacial score (nSPS) is 12.4. The van der Waals surface area contributed by atoms with Gasteiger partial charge in [0.25, 0.3) is 0 Å². The molecular weight excluding hydrogens is 399 g/mol. The van der Waals surface area contributed by atoms with Gasteiger partial charge in [0.1, 0.15) is 5.82 Å². The summed E-state index contributed by atoms with van der Waals surface area (Å²) in [6, 6.07) is 12.4. The van der Waals surface area contributed by atoms with Gasteiger partial charge in [-0.25, -0.2) is 12.8 Å². The maximum absolute atomic E-state index is 12.9. The van der Waals surface area contributed by atoms with E-state index in [2.05, 4.69) is 11.6 Å². The fourth-order valence-electron chi connectivity index (χ4n) is 2.75. The fraction of sp³-hybridized carbons (Fsp3) is 0.200. The Bertz CT molecular complexity index is 1180. The number of fused-ring (bicyclic) bond motifs is 1. The number of para-hydroxylation sites is 1. The molecule has 0 aliphatic heterocycles. The van der Waals surface area contributed by atoms with E-state index in [0.29, 0.717) is 11.3 Å². The second-order valence-electron chi connectivity index (χ2n) is 6.13. The van der Waals surface area contributed by atoms with Crippen LogP contribution in [0, 0.1) is 5.82 Å². The molecule has 3 aromatic rings. The number of carbonyl (C=O) groups is 1. The number of amides is 1. The number of sulfone groups is 1. The minimum Gasteiger partial charge on any atom is -0.313 e. The molecule has 1 aromatic heterocycles. The topological polar surface area (TPSA) is 68.5 Å². The van der Waals surface area contributed by atoms with E-state index in [0.717, 1.165) is 22.3 Å². The first kappa shape index (κ1) is 20.2. The van der Waals surface area contributed by atoms with Crippen molar-refractivity contribution in [3.8, 4) is 0 Å². The van der Waals surface area contributed by atoms with Crippen molar-refractivity contribution in [2.45, 2.75) is 24.3 Å². The van der Waals surface area contributed by atoms with Crippen LogP contribution in [0.1, 0.15) is 12.8 Å². The molecule has 0 saturated heterocycles. The Kier molecular flexibility index (Phi) is 6.21. The number of carbonyl (C=O) groups excluding carboxylic acids is 1. The molecule has 0 bridgehead atoms. The SMILES string of the molecule is C=CCn1c(=NC(=O)CCCS(=O)(=O)c2ccc(F)cc2)sc2ccccc21. The van der Waals surface area contributed by atoms with E-state index in [9.17, 15) is 17.6 Å². The molecule has 0 fully saturated rings. The molecule has 146 valence electrons. The summed E-state index contributed by atoms with van der Waals surface area (Å²) >= 11 is 1.40. The van der Waals surface area contributed by atoms with Gasteiger partial charge in [-0.1, -0.05) is 29.5 Å². The summed E-state index contributed by atoms with van der Waals surface area (Å²) in [6.45, 7) is 4.26. The highest BCUT2D eigenvalue weighted by Crippen LogP contribution is 2.17. The molecule has 0 saturated carbocycles. The Hall–Kier alpha value is -2.58. The van der Waals surface area contributed by atoms with Gasteiger partial charge < -0.3 is 4.57 Å². The molecule has 0 radical (unpaired) electrons. The molecule has 1 amide bonds. The van der Waals surface area contributed by atoms with Gasteiger partial charge in [-0.05, 0) is 42.8 Å². The standard InChI is InChI=1S/C20H19FN2O3S2/c1-2-13-23-17-6-3-4-7-18(17)27-20(23)22-19(24)8-5-14-28(25,26)16-11-9-15(21)10-12-16/h2-4,6-7,9-12H,1,5,8,13-14H2. The highest BCUT2D eigenvalue weighted by Gasteiger charge is 2.15. The molecule has 0 atom stereocenters. The first-order chi connectivity index (χ1) is 13.4. The lowest BCUT2D eigenvalue weighted by Gasteiger charge is -2.03. The maximum atomic E-state index is 12.9. The minimum atomic E-state index is -3.56. The number of hydrogen-bond donors (Lipinski definition) is 0. The molecule has 2 aromatic carbocycles. The Labute approximate surface area is 166 Å². The van der Waals surface area contributed by atoms with Gasteiger partial charge in [0.2, 0.25) is 5.91 Å². The molecule has 0 spiro atoms. The fourth-order valence-corrected chi connectivity index (χ4v) is 5.11. The highest BCUT2D eigenvalue weighted by atomic mass is 32.2. The molecule has 0 unspecified atom stereocenters. The first-order valence-corrected chi connectivity index (χ1v) is 11.1. The van der Waals surface area contributed by atoms with Gasteiger partial charge in [0, 0.05) is 13.0 Å². The maximum Gasteiger partial charge on any atom is 0.248 e. The number of hydrogen-bond acceptors (Lipinski definition) is 4. The smallest absolute Gasteiger partial charge is 0.248 e. The summed E-state index contributed by atoms with van der Waals surface area (Å²) in [5.74, 6) is -1.07. The van der Waals surface area contributed by atoms with Gasteiger partial charge in [-0.15, -0.1) is 6.58 Å². The summed E-state index contributed by atoms with van der Waals surface area (Å²) in [5.41, 5.74) is 0.970. The molecule has 28 heavy (non-hydrogen) atoms. The number of halogens is 1. The van der Waals surface area contributed by atoms with Gasteiger partial charge in [-0.2, -0.15) is 4.99 Å². The number of aromatic nitrogens is 1. The van der Waals surface area contributed by atoms with E-state index in [1.165, 1.54) is 23.5 Å². The van der Waals surface area contributed by atoms with Crippen molar-refractivity contribution in [3.05, 3.63) is 71.8 Å². The monoisotopic (exact) mass is 418 g/mol. The van der Waals surface area contributed by atoms with Crippen molar-refractivity contribution in [2.24, 2.45) is 4.99 Å². The lowest BCUT2D eigenvalue weighted by molar-refractivity contribution is -0.118. The van der Waals surface area contributed by atoms with Gasteiger partial charge in [0.15, 0.2) is 14.6 Å². The van der Waals surface area contributed by atoms with E-state index in [1.54, 1.807) is 6.08 Å². The van der Waals surface area contributed by atoms with Crippen LogP contribution in [-0.2, 0) is 21.2 Å².